The second-order valence-corrected chi connectivity index (χ2v) is 14.6. The highest BCUT2D eigenvalue weighted by atomic mass is 79.9. The number of fused-ring (bicyclic) bond motifs is 1. The first-order valence-corrected chi connectivity index (χ1v) is 18.6. The molecule has 3 N–H and O–H groups in total. The molecule has 276 valence electrons. The smallest absolute Gasteiger partial charge is 0.410 e. The van der Waals surface area contributed by atoms with E-state index in [4.69, 9.17) is 9.57 Å². The summed E-state index contributed by atoms with van der Waals surface area (Å²) in [4.78, 5) is 67.2. The molecule has 2 aromatic carbocycles. The van der Waals surface area contributed by atoms with Crippen LogP contribution in [0.2, 0.25) is 0 Å². The molecule has 2 aromatic rings. The highest BCUT2D eigenvalue weighted by Crippen LogP contribution is 2.28. The van der Waals surface area contributed by atoms with Crippen LogP contribution in [0.3, 0.4) is 0 Å². The number of hydroxylamine groups is 1. The van der Waals surface area contributed by atoms with Crippen LogP contribution in [0, 0.1) is 0 Å². The summed E-state index contributed by atoms with van der Waals surface area (Å²) in [7, 11) is 1.43. The molecule has 4 heterocycles. The molecule has 4 aliphatic heterocycles. The van der Waals surface area contributed by atoms with Gasteiger partial charge in [0.05, 0.1) is 18.1 Å². The van der Waals surface area contributed by atoms with Gasteiger partial charge < -0.3 is 29.9 Å². The van der Waals surface area contributed by atoms with E-state index in [-0.39, 0.29) is 36.1 Å². The SMILES string of the molecule is CONC(=O)CN1CCC(N2CCN(C(=O)[C@@H](Cc3ccc(O)c(Br)c3)OC(=O)N3CCC(N4CCc5ccccc5NC4=O)CC3)CC2)CC1. The van der Waals surface area contributed by atoms with Crippen molar-refractivity contribution in [3.05, 3.63) is 58.1 Å². The second kappa shape index (κ2) is 17.1. The first-order valence-electron chi connectivity index (χ1n) is 17.8. The van der Waals surface area contributed by atoms with Crippen LogP contribution in [0.4, 0.5) is 15.3 Å². The number of ether oxygens (including phenoxy) is 1. The molecule has 51 heavy (non-hydrogen) atoms. The van der Waals surface area contributed by atoms with Crippen LogP contribution >= 0.6 is 15.9 Å². The van der Waals surface area contributed by atoms with Gasteiger partial charge in [-0.2, -0.15) is 0 Å². The fourth-order valence-electron chi connectivity index (χ4n) is 7.67. The number of urea groups is 1. The number of likely N-dealkylation sites (tertiary alicyclic amines) is 2. The zero-order chi connectivity index (χ0) is 35.9. The maximum atomic E-state index is 14.0. The van der Waals surface area contributed by atoms with Crippen LogP contribution in [0.25, 0.3) is 0 Å². The van der Waals surface area contributed by atoms with Crippen molar-refractivity contribution in [1.29, 1.82) is 0 Å². The van der Waals surface area contributed by atoms with Gasteiger partial charge in [-0.15, -0.1) is 0 Å². The molecule has 0 aliphatic carbocycles. The number of piperidine rings is 2. The lowest BCUT2D eigenvalue weighted by atomic mass is 10.0. The van der Waals surface area contributed by atoms with Gasteiger partial charge in [0, 0.05) is 83.1 Å². The van der Waals surface area contributed by atoms with E-state index >= 15 is 0 Å². The first-order chi connectivity index (χ1) is 24.7. The number of nitrogens with zero attached hydrogens (tertiary/aromatic N) is 5. The van der Waals surface area contributed by atoms with Gasteiger partial charge >= 0.3 is 12.1 Å². The Bertz CT molecular complexity index is 1560. The number of phenolic OH excluding ortho intramolecular Hbond substituents is 1. The van der Waals surface area contributed by atoms with Gasteiger partial charge in [-0.05, 0) is 77.4 Å². The van der Waals surface area contributed by atoms with E-state index in [1.54, 1.807) is 28.0 Å². The number of nitrogens with one attached hydrogen (secondary N) is 2. The minimum atomic E-state index is -1.03. The van der Waals surface area contributed by atoms with Gasteiger partial charge in [0.2, 0.25) is 0 Å². The molecule has 14 nitrogen and oxygen atoms in total. The fraction of sp³-hybridized carbons (Fsp3) is 0.556. The summed E-state index contributed by atoms with van der Waals surface area (Å²) in [5, 5.41) is 13.1. The van der Waals surface area contributed by atoms with Gasteiger partial charge in [-0.1, -0.05) is 24.3 Å². The monoisotopic (exact) mass is 769 g/mol. The third-order valence-electron chi connectivity index (χ3n) is 10.5. The van der Waals surface area contributed by atoms with Crippen molar-refractivity contribution in [3.8, 4) is 5.75 Å². The third-order valence-corrected chi connectivity index (χ3v) is 11.2. The van der Waals surface area contributed by atoms with Crippen LogP contribution in [0.1, 0.15) is 36.8 Å². The minimum absolute atomic E-state index is 0.00571. The normalized spacial score (nSPS) is 20.3. The number of anilines is 1. The lowest BCUT2D eigenvalue weighted by Gasteiger charge is -2.43. The van der Waals surface area contributed by atoms with Crippen molar-refractivity contribution in [2.24, 2.45) is 0 Å². The number of hydrogen-bond donors (Lipinski definition) is 3. The molecule has 5 amide bonds. The number of aromatic hydroxyl groups is 1. The van der Waals surface area contributed by atoms with Crippen molar-refractivity contribution >= 4 is 45.6 Å². The second-order valence-electron chi connectivity index (χ2n) is 13.7. The molecule has 6 rings (SSSR count). The number of halogens is 1. The number of carbonyl (C=O) groups is 4. The summed E-state index contributed by atoms with van der Waals surface area (Å²) < 4.78 is 6.51. The number of carbonyl (C=O) groups excluding carboxylic acids is 4. The predicted octanol–water partition coefficient (Wildman–Crippen LogP) is 3.04. The Labute approximate surface area is 307 Å². The summed E-state index contributed by atoms with van der Waals surface area (Å²) >= 11 is 3.36. The Hall–Kier alpha value is -3.92. The molecule has 3 fully saturated rings. The quantitative estimate of drug-likeness (QED) is 0.328. The van der Waals surface area contributed by atoms with E-state index in [2.05, 4.69) is 36.5 Å². The lowest BCUT2D eigenvalue weighted by Crippen LogP contribution is -2.57. The predicted molar refractivity (Wildman–Crippen MR) is 193 cm³/mol. The van der Waals surface area contributed by atoms with Crippen molar-refractivity contribution in [1.82, 2.24) is 30.0 Å². The Balaban J connectivity index is 1.03. The number of para-hydroxylation sites is 1. The van der Waals surface area contributed by atoms with Crippen LogP contribution in [-0.4, -0.2) is 144 Å². The van der Waals surface area contributed by atoms with Gasteiger partial charge in [-0.25, -0.2) is 15.1 Å². The van der Waals surface area contributed by atoms with E-state index in [1.807, 2.05) is 29.2 Å². The maximum Gasteiger partial charge on any atom is 0.410 e. The molecule has 15 heteroatoms. The number of amides is 5. The van der Waals surface area contributed by atoms with Crippen LogP contribution in [-0.2, 0) is 32.0 Å². The molecule has 0 saturated carbocycles. The average molecular weight is 771 g/mol. The van der Waals surface area contributed by atoms with Crippen LogP contribution in [0.15, 0.2) is 46.9 Å². The number of benzene rings is 2. The largest absolute Gasteiger partial charge is 0.507 e. The molecule has 0 aromatic heterocycles. The van der Waals surface area contributed by atoms with Gasteiger partial charge in [0.25, 0.3) is 11.8 Å². The van der Waals surface area contributed by atoms with Gasteiger partial charge in [0.1, 0.15) is 5.75 Å². The summed E-state index contributed by atoms with van der Waals surface area (Å²) in [5.41, 5.74) is 5.08. The zero-order valence-corrected chi connectivity index (χ0v) is 30.7. The molecule has 1 atom stereocenters. The molecule has 0 radical (unpaired) electrons. The summed E-state index contributed by atoms with van der Waals surface area (Å²) in [6, 6.07) is 13.1. The van der Waals surface area contributed by atoms with E-state index in [0.717, 1.165) is 49.2 Å². The Kier molecular flexibility index (Phi) is 12.3. The van der Waals surface area contributed by atoms with E-state index in [1.165, 1.54) is 7.11 Å². The highest BCUT2D eigenvalue weighted by molar-refractivity contribution is 9.10. The molecular formula is C36H48BrN7O7. The summed E-state index contributed by atoms with van der Waals surface area (Å²) in [5.74, 6) is -0.304. The standard InChI is InChI=1S/C36H48BrN7O7/c1-50-39-33(46)24-40-13-9-27(10-14-40)41-18-20-42(21-19-41)34(47)32(23-25-6-7-31(45)29(37)22-25)51-36(49)43-15-11-28(12-16-43)44-17-8-26-4-2-3-5-30(26)38-35(44)48/h2-7,22,27-28,32,45H,8-21,23-24H2,1H3,(H,38,48)(H,39,46)/t32-/m1/s1. The first kappa shape index (κ1) is 36.9. The van der Waals surface area contributed by atoms with Crippen LogP contribution in [0.5, 0.6) is 5.75 Å². The topological polar surface area (TPSA) is 147 Å². The van der Waals surface area contributed by atoms with Crippen molar-refractivity contribution in [3.63, 3.8) is 0 Å². The lowest BCUT2D eigenvalue weighted by molar-refractivity contribution is -0.143. The molecule has 3 saturated heterocycles. The number of piperazine rings is 1. The van der Waals surface area contributed by atoms with E-state index in [0.29, 0.717) is 75.7 Å². The van der Waals surface area contributed by atoms with Gasteiger partial charge in [0.15, 0.2) is 6.10 Å². The summed E-state index contributed by atoms with van der Waals surface area (Å²) in [6.45, 7) is 5.87. The number of hydrogen-bond acceptors (Lipinski definition) is 9. The summed E-state index contributed by atoms with van der Waals surface area (Å²) in [6.07, 6.45) is 2.47. The molecule has 0 bridgehead atoms. The van der Waals surface area contributed by atoms with Crippen molar-refractivity contribution in [2.45, 2.75) is 56.7 Å². The van der Waals surface area contributed by atoms with E-state index in [9.17, 15) is 24.3 Å². The van der Waals surface area contributed by atoms with Crippen LogP contribution < -0.4 is 10.8 Å². The van der Waals surface area contributed by atoms with E-state index < -0.39 is 12.2 Å². The average Bonchev–Trinajstić information content (AvgIpc) is 3.31. The highest BCUT2D eigenvalue weighted by Gasteiger charge is 2.36. The zero-order valence-electron chi connectivity index (χ0n) is 29.1. The molecule has 4 aliphatic rings. The van der Waals surface area contributed by atoms with Crippen molar-refractivity contribution < 1.29 is 33.9 Å². The molecular weight excluding hydrogens is 722 g/mol. The maximum absolute atomic E-state index is 14.0. The minimum Gasteiger partial charge on any atom is -0.507 e. The molecule has 0 spiro atoms. The Morgan fingerprint density at radius 1 is 0.922 bits per heavy atom. The number of rotatable bonds is 9. The fourth-order valence-corrected chi connectivity index (χ4v) is 8.09. The van der Waals surface area contributed by atoms with Gasteiger partial charge in [-0.3, -0.25) is 24.2 Å². The Morgan fingerprint density at radius 2 is 1.63 bits per heavy atom. The third kappa shape index (κ3) is 9.31. The Morgan fingerprint density at radius 3 is 2.33 bits per heavy atom. The number of phenols is 1. The van der Waals surface area contributed by atoms with Crippen molar-refractivity contribution in [2.75, 3.05) is 77.9 Å². The molecule has 0 unspecified atom stereocenters.